The lowest BCUT2D eigenvalue weighted by Crippen LogP contribution is -2.10. The summed E-state index contributed by atoms with van der Waals surface area (Å²) in [4.78, 5) is 8.55. The van der Waals surface area contributed by atoms with Gasteiger partial charge in [0.25, 0.3) is 0 Å². The Balaban J connectivity index is 1.99. The number of rotatable bonds is 4. The molecule has 0 aliphatic heterocycles. The Bertz CT molecular complexity index is 493. The summed E-state index contributed by atoms with van der Waals surface area (Å²) in [6.45, 7) is 4.48. The van der Waals surface area contributed by atoms with Gasteiger partial charge in [-0.1, -0.05) is 30.3 Å². The van der Waals surface area contributed by atoms with E-state index in [1.807, 2.05) is 50.2 Å². The second-order valence-electron chi connectivity index (χ2n) is 4.20. The number of benzene rings is 1. The van der Waals surface area contributed by atoms with Crippen LogP contribution in [0, 0.1) is 13.8 Å². The normalized spacial score (nSPS) is 12.2. The van der Waals surface area contributed by atoms with Crippen LogP contribution in [0.25, 0.3) is 0 Å². The fourth-order valence-corrected chi connectivity index (χ4v) is 2.00. The molecule has 1 aromatic carbocycles. The van der Waals surface area contributed by atoms with Crippen LogP contribution >= 0.6 is 11.6 Å². The van der Waals surface area contributed by atoms with E-state index >= 15 is 0 Å². The van der Waals surface area contributed by atoms with Gasteiger partial charge in [-0.3, -0.25) is 0 Å². The van der Waals surface area contributed by atoms with Gasteiger partial charge in [0.2, 0.25) is 0 Å². The summed E-state index contributed by atoms with van der Waals surface area (Å²) in [5.41, 5.74) is 2.06. The van der Waals surface area contributed by atoms with Crippen molar-refractivity contribution in [1.82, 2.24) is 9.97 Å². The van der Waals surface area contributed by atoms with Crippen molar-refractivity contribution in [1.29, 1.82) is 0 Å². The second kappa shape index (κ2) is 5.83. The highest BCUT2D eigenvalue weighted by molar-refractivity contribution is 6.21. The maximum Gasteiger partial charge on any atom is 0.129 e. The van der Waals surface area contributed by atoms with Crippen LogP contribution in [0.1, 0.15) is 22.5 Å². The molecule has 0 bridgehead atoms. The van der Waals surface area contributed by atoms with E-state index in [0.29, 0.717) is 6.54 Å². The molecular formula is C14H16ClN3. The molecule has 2 rings (SSSR count). The molecule has 4 heteroatoms. The van der Waals surface area contributed by atoms with Crippen molar-refractivity contribution in [3.8, 4) is 0 Å². The Kier molecular flexibility index (Phi) is 4.15. The second-order valence-corrected chi connectivity index (χ2v) is 4.73. The number of aromatic nitrogens is 2. The van der Waals surface area contributed by atoms with E-state index in [0.717, 1.165) is 22.9 Å². The topological polar surface area (TPSA) is 37.8 Å². The summed E-state index contributed by atoms with van der Waals surface area (Å²) in [5, 5.41) is 3.17. The van der Waals surface area contributed by atoms with E-state index in [9.17, 15) is 0 Å². The Labute approximate surface area is 112 Å². The number of hydrogen-bond donors (Lipinski definition) is 1. The summed E-state index contributed by atoms with van der Waals surface area (Å²) in [5.74, 6) is 1.59. The van der Waals surface area contributed by atoms with Gasteiger partial charge in [0.15, 0.2) is 0 Å². The lowest BCUT2D eigenvalue weighted by Gasteiger charge is -2.12. The first-order chi connectivity index (χ1) is 8.65. The van der Waals surface area contributed by atoms with Crippen LogP contribution in [0.15, 0.2) is 36.4 Å². The molecule has 3 nitrogen and oxygen atoms in total. The molecule has 0 aliphatic rings. The third-order valence-electron chi connectivity index (χ3n) is 2.59. The van der Waals surface area contributed by atoms with E-state index in [2.05, 4.69) is 15.3 Å². The molecule has 0 saturated heterocycles. The third-order valence-corrected chi connectivity index (χ3v) is 3.00. The van der Waals surface area contributed by atoms with Crippen molar-refractivity contribution in [3.63, 3.8) is 0 Å². The van der Waals surface area contributed by atoms with Crippen LogP contribution in [-0.2, 0) is 0 Å². The Morgan fingerprint density at radius 3 is 2.56 bits per heavy atom. The summed E-state index contributed by atoms with van der Waals surface area (Å²) in [7, 11) is 0. The number of nitrogens with zero attached hydrogens (tertiary/aromatic N) is 2. The average molecular weight is 262 g/mol. The molecule has 1 atom stereocenters. The first-order valence-corrected chi connectivity index (χ1v) is 6.34. The maximum absolute atomic E-state index is 6.33. The van der Waals surface area contributed by atoms with E-state index in [1.54, 1.807) is 0 Å². The summed E-state index contributed by atoms with van der Waals surface area (Å²) in [6, 6.07) is 11.9. The molecule has 0 saturated carbocycles. The standard InChI is InChI=1S/C14H16ClN3/c1-10-8-14(18-11(2)17-10)16-9-13(15)12-6-4-3-5-7-12/h3-8,13H,9H2,1-2H3,(H,16,17,18). The van der Waals surface area contributed by atoms with Gasteiger partial charge in [-0.05, 0) is 19.4 Å². The zero-order chi connectivity index (χ0) is 13.0. The molecule has 94 valence electrons. The highest BCUT2D eigenvalue weighted by Crippen LogP contribution is 2.20. The third kappa shape index (κ3) is 3.44. The first-order valence-electron chi connectivity index (χ1n) is 5.90. The molecule has 0 radical (unpaired) electrons. The van der Waals surface area contributed by atoms with Crippen LogP contribution in [0.2, 0.25) is 0 Å². The molecule has 1 N–H and O–H groups in total. The van der Waals surface area contributed by atoms with Crippen LogP contribution < -0.4 is 5.32 Å². The quantitative estimate of drug-likeness (QED) is 0.857. The zero-order valence-corrected chi connectivity index (χ0v) is 11.3. The van der Waals surface area contributed by atoms with Gasteiger partial charge >= 0.3 is 0 Å². The maximum atomic E-state index is 6.33. The van der Waals surface area contributed by atoms with Gasteiger partial charge in [-0.2, -0.15) is 0 Å². The van der Waals surface area contributed by atoms with Crippen LogP contribution in [0.3, 0.4) is 0 Å². The fourth-order valence-electron chi connectivity index (χ4n) is 1.78. The Morgan fingerprint density at radius 2 is 1.89 bits per heavy atom. The van der Waals surface area contributed by atoms with Gasteiger partial charge in [0.1, 0.15) is 11.6 Å². The first kappa shape index (κ1) is 12.8. The molecule has 0 aliphatic carbocycles. The minimum atomic E-state index is -0.0678. The highest BCUT2D eigenvalue weighted by Gasteiger charge is 2.07. The Morgan fingerprint density at radius 1 is 1.17 bits per heavy atom. The largest absolute Gasteiger partial charge is 0.368 e. The molecule has 1 heterocycles. The van der Waals surface area contributed by atoms with Gasteiger partial charge in [-0.15, -0.1) is 11.6 Å². The number of nitrogens with one attached hydrogen (secondary N) is 1. The molecule has 0 amide bonds. The summed E-state index contributed by atoms with van der Waals surface area (Å²) < 4.78 is 0. The van der Waals surface area contributed by atoms with Crippen molar-refractivity contribution in [2.24, 2.45) is 0 Å². The molecule has 0 fully saturated rings. The average Bonchev–Trinajstić information content (AvgIpc) is 2.36. The van der Waals surface area contributed by atoms with Crippen LogP contribution in [-0.4, -0.2) is 16.5 Å². The van der Waals surface area contributed by atoms with Gasteiger partial charge < -0.3 is 5.32 Å². The predicted octanol–water partition coefficient (Wildman–Crippen LogP) is 3.49. The smallest absolute Gasteiger partial charge is 0.129 e. The summed E-state index contributed by atoms with van der Waals surface area (Å²) in [6.07, 6.45) is 0. The lowest BCUT2D eigenvalue weighted by atomic mass is 10.1. The number of hydrogen-bond acceptors (Lipinski definition) is 3. The SMILES string of the molecule is Cc1cc(NCC(Cl)c2ccccc2)nc(C)n1. The fraction of sp³-hybridized carbons (Fsp3) is 0.286. The van der Waals surface area contributed by atoms with Crippen molar-refractivity contribution < 1.29 is 0 Å². The molecule has 2 aromatic rings. The summed E-state index contributed by atoms with van der Waals surface area (Å²) >= 11 is 6.33. The number of aryl methyl sites for hydroxylation is 2. The van der Waals surface area contributed by atoms with Crippen LogP contribution in [0.5, 0.6) is 0 Å². The molecule has 18 heavy (non-hydrogen) atoms. The highest BCUT2D eigenvalue weighted by atomic mass is 35.5. The van der Waals surface area contributed by atoms with Crippen molar-refractivity contribution in [3.05, 3.63) is 53.5 Å². The Hall–Kier alpha value is -1.61. The minimum absolute atomic E-state index is 0.0678. The van der Waals surface area contributed by atoms with Crippen molar-refractivity contribution in [2.75, 3.05) is 11.9 Å². The monoisotopic (exact) mass is 261 g/mol. The van der Waals surface area contributed by atoms with E-state index in [4.69, 9.17) is 11.6 Å². The molecule has 0 spiro atoms. The number of halogens is 1. The number of alkyl halides is 1. The number of anilines is 1. The predicted molar refractivity (Wildman–Crippen MR) is 75.0 cm³/mol. The van der Waals surface area contributed by atoms with E-state index in [1.165, 1.54) is 0 Å². The van der Waals surface area contributed by atoms with Gasteiger partial charge in [-0.25, -0.2) is 9.97 Å². The van der Waals surface area contributed by atoms with Crippen molar-refractivity contribution >= 4 is 17.4 Å². The van der Waals surface area contributed by atoms with Crippen molar-refractivity contribution in [2.45, 2.75) is 19.2 Å². The molecule has 1 unspecified atom stereocenters. The molecule has 1 aromatic heterocycles. The lowest BCUT2D eigenvalue weighted by molar-refractivity contribution is 0.944. The van der Waals surface area contributed by atoms with Gasteiger partial charge in [0, 0.05) is 18.3 Å². The zero-order valence-electron chi connectivity index (χ0n) is 10.5. The van der Waals surface area contributed by atoms with Gasteiger partial charge in [0.05, 0.1) is 5.38 Å². The van der Waals surface area contributed by atoms with E-state index in [-0.39, 0.29) is 5.38 Å². The van der Waals surface area contributed by atoms with E-state index < -0.39 is 0 Å². The minimum Gasteiger partial charge on any atom is -0.368 e. The van der Waals surface area contributed by atoms with Crippen LogP contribution in [0.4, 0.5) is 5.82 Å². The molecular weight excluding hydrogens is 246 g/mol.